The molecular formula is C19H18. The Bertz CT molecular complexity index is 661. The first-order valence-electron chi connectivity index (χ1n) is 6.47. The van der Waals surface area contributed by atoms with Gasteiger partial charge in [-0.3, -0.25) is 0 Å². The Morgan fingerprint density at radius 2 is 1.26 bits per heavy atom. The van der Waals surface area contributed by atoms with Gasteiger partial charge in [0.25, 0.3) is 0 Å². The Morgan fingerprint density at radius 1 is 0.737 bits per heavy atom. The molecule has 0 aliphatic carbocycles. The molecule has 0 nitrogen and oxygen atoms in total. The van der Waals surface area contributed by atoms with Gasteiger partial charge < -0.3 is 0 Å². The van der Waals surface area contributed by atoms with Gasteiger partial charge in [0, 0.05) is 0 Å². The first-order valence-corrected chi connectivity index (χ1v) is 6.47. The number of fused-ring (bicyclic) bond motifs is 1. The second-order valence-electron chi connectivity index (χ2n) is 4.26. The van der Waals surface area contributed by atoms with Crippen LogP contribution in [0.25, 0.3) is 22.9 Å². The van der Waals surface area contributed by atoms with E-state index in [9.17, 15) is 0 Å². The van der Waals surface area contributed by atoms with Crippen LogP contribution in [-0.4, -0.2) is 0 Å². The summed E-state index contributed by atoms with van der Waals surface area (Å²) in [7, 11) is 0. The normalized spacial score (nSPS) is 10.4. The molecule has 94 valence electrons. The average Bonchev–Trinajstić information content (AvgIpc) is 2.46. The summed E-state index contributed by atoms with van der Waals surface area (Å²) in [6, 6.07) is 20.8. The SMILES string of the molecule is C=Cc1ccccccc(/C=C/C)c2ccccc12. The molecule has 0 unspecified atom stereocenters. The maximum atomic E-state index is 3.92. The molecule has 0 spiro atoms. The topological polar surface area (TPSA) is 0 Å². The van der Waals surface area contributed by atoms with Gasteiger partial charge in [0.2, 0.25) is 0 Å². The molecule has 0 aromatic heterocycles. The Morgan fingerprint density at radius 3 is 1.84 bits per heavy atom. The number of hydrogen-bond acceptors (Lipinski definition) is 0. The van der Waals surface area contributed by atoms with Crippen LogP contribution in [-0.2, 0) is 0 Å². The third-order valence-corrected chi connectivity index (χ3v) is 3.00. The molecule has 0 N–H and O–H groups in total. The van der Waals surface area contributed by atoms with Crippen molar-refractivity contribution in [3.63, 3.8) is 0 Å². The molecule has 2 rings (SSSR count). The minimum atomic E-state index is 1.14. The van der Waals surface area contributed by atoms with Crippen molar-refractivity contribution in [2.75, 3.05) is 0 Å². The first-order chi connectivity index (χ1) is 9.36. The van der Waals surface area contributed by atoms with Crippen molar-refractivity contribution in [3.05, 3.63) is 84.4 Å². The van der Waals surface area contributed by atoms with Crippen molar-refractivity contribution in [2.45, 2.75) is 6.92 Å². The van der Waals surface area contributed by atoms with Crippen LogP contribution in [0.2, 0.25) is 0 Å². The molecule has 0 heteroatoms. The van der Waals surface area contributed by atoms with Gasteiger partial charge in [0.15, 0.2) is 0 Å². The molecule has 2 aromatic carbocycles. The van der Waals surface area contributed by atoms with E-state index in [0.29, 0.717) is 0 Å². The third-order valence-electron chi connectivity index (χ3n) is 3.00. The Hall–Kier alpha value is -2.34. The second kappa shape index (κ2) is 6.55. The van der Waals surface area contributed by atoms with E-state index >= 15 is 0 Å². The van der Waals surface area contributed by atoms with Crippen molar-refractivity contribution in [2.24, 2.45) is 0 Å². The fourth-order valence-electron chi connectivity index (χ4n) is 2.12. The van der Waals surface area contributed by atoms with E-state index in [2.05, 4.69) is 61.2 Å². The Balaban J connectivity index is 2.99. The van der Waals surface area contributed by atoms with Crippen LogP contribution in [0, 0.1) is 0 Å². The molecule has 0 amide bonds. The van der Waals surface area contributed by atoms with E-state index in [1.165, 1.54) is 16.3 Å². The average molecular weight is 246 g/mol. The zero-order valence-electron chi connectivity index (χ0n) is 11.2. The molecular weight excluding hydrogens is 228 g/mol. The molecule has 0 atom stereocenters. The summed E-state index contributed by atoms with van der Waals surface area (Å²) < 4.78 is 0. The number of allylic oxidation sites excluding steroid dienone is 1. The van der Waals surface area contributed by atoms with Gasteiger partial charge in [-0.1, -0.05) is 85.5 Å². The fourth-order valence-corrected chi connectivity index (χ4v) is 2.12. The lowest BCUT2D eigenvalue weighted by Gasteiger charge is -2.02. The lowest BCUT2D eigenvalue weighted by Crippen LogP contribution is -1.78. The molecule has 0 bridgehead atoms. The van der Waals surface area contributed by atoms with Crippen LogP contribution in [0.1, 0.15) is 18.1 Å². The highest BCUT2D eigenvalue weighted by molar-refractivity contribution is 5.94. The summed E-state index contributed by atoms with van der Waals surface area (Å²) in [6.45, 7) is 5.96. The minimum Gasteiger partial charge on any atom is -0.0984 e. The second-order valence-corrected chi connectivity index (χ2v) is 4.26. The largest absolute Gasteiger partial charge is 0.0984 e. The molecule has 19 heavy (non-hydrogen) atoms. The van der Waals surface area contributed by atoms with Crippen molar-refractivity contribution < 1.29 is 0 Å². The van der Waals surface area contributed by atoms with Crippen molar-refractivity contribution in [1.29, 1.82) is 0 Å². The summed E-state index contributed by atoms with van der Waals surface area (Å²) >= 11 is 0. The molecule has 0 heterocycles. The lowest BCUT2D eigenvalue weighted by molar-refractivity contribution is 1.68. The zero-order chi connectivity index (χ0) is 13.5. The van der Waals surface area contributed by atoms with Crippen molar-refractivity contribution in [1.82, 2.24) is 0 Å². The molecule has 2 aromatic rings. The van der Waals surface area contributed by atoms with Gasteiger partial charge in [0.05, 0.1) is 0 Å². The summed E-state index contributed by atoms with van der Waals surface area (Å²) in [4.78, 5) is 0. The third kappa shape index (κ3) is 3.11. The van der Waals surface area contributed by atoms with E-state index in [-0.39, 0.29) is 0 Å². The van der Waals surface area contributed by atoms with Crippen LogP contribution < -0.4 is 0 Å². The van der Waals surface area contributed by atoms with Crippen LogP contribution >= 0.6 is 0 Å². The maximum Gasteiger partial charge on any atom is -0.0106 e. The first kappa shape index (κ1) is 13.1. The molecule has 0 aliphatic rings. The van der Waals surface area contributed by atoms with E-state index in [0.717, 1.165) is 5.56 Å². The van der Waals surface area contributed by atoms with Gasteiger partial charge in [-0.2, -0.15) is 0 Å². The summed E-state index contributed by atoms with van der Waals surface area (Å²) in [5.74, 6) is 0. The van der Waals surface area contributed by atoms with E-state index in [4.69, 9.17) is 0 Å². The van der Waals surface area contributed by atoms with Crippen LogP contribution in [0.15, 0.2) is 73.3 Å². The summed E-state index contributed by atoms with van der Waals surface area (Å²) in [6.07, 6.45) is 6.10. The lowest BCUT2D eigenvalue weighted by atomic mass is 10.0. The van der Waals surface area contributed by atoms with E-state index in [1.54, 1.807) is 0 Å². The standard InChI is InChI=1S/C19H18/c1-3-11-17-13-8-6-5-7-12-16(4-2)18-14-9-10-15-19(17)18/h3-15H,2H2,1H3/b6-5?,7-5?,8-6?,11-3+,12-7?,13-8?,16-12?,17-13?,18-16?,19-17?. The van der Waals surface area contributed by atoms with Crippen LogP contribution in [0.3, 0.4) is 0 Å². The molecule has 0 saturated carbocycles. The number of benzene rings is 1. The van der Waals surface area contributed by atoms with Crippen LogP contribution in [0.4, 0.5) is 0 Å². The Labute approximate surface area is 115 Å². The van der Waals surface area contributed by atoms with E-state index in [1.807, 2.05) is 31.2 Å². The van der Waals surface area contributed by atoms with Gasteiger partial charge in [-0.15, -0.1) is 0 Å². The summed E-state index contributed by atoms with van der Waals surface area (Å²) in [5.41, 5.74) is 2.34. The quantitative estimate of drug-likeness (QED) is 0.643. The van der Waals surface area contributed by atoms with Gasteiger partial charge in [-0.25, -0.2) is 0 Å². The monoisotopic (exact) mass is 246 g/mol. The van der Waals surface area contributed by atoms with Gasteiger partial charge in [-0.05, 0) is 28.8 Å². The van der Waals surface area contributed by atoms with Gasteiger partial charge >= 0.3 is 0 Å². The maximum absolute atomic E-state index is 3.92. The van der Waals surface area contributed by atoms with Gasteiger partial charge in [0.1, 0.15) is 0 Å². The molecule has 0 radical (unpaired) electrons. The summed E-state index contributed by atoms with van der Waals surface area (Å²) in [5, 5.41) is 2.44. The molecule has 0 aliphatic heterocycles. The van der Waals surface area contributed by atoms with Crippen LogP contribution in [0.5, 0.6) is 0 Å². The van der Waals surface area contributed by atoms with E-state index < -0.39 is 0 Å². The minimum absolute atomic E-state index is 1.14. The molecule has 0 saturated heterocycles. The van der Waals surface area contributed by atoms with Crippen molar-refractivity contribution in [3.8, 4) is 0 Å². The predicted octanol–water partition coefficient (Wildman–Crippen LogP) is 5.64. The highest BCUT2D eigenvalue weighted by atomic mass is 14.0. The molecule has 0 fully saturated rings. The van der Waals surface area contributed by atoms with Crippen molar-refractivity contribution >= 4 is 22.9 Å². The Kier molecular flexibility index (Phi) is 4.52. The number of hydrogen-bond donors (Lipinski definition) is 0. The number of rotatable bonds is 2. The smallest absolute Gasteiger partial charge is 0.0106 e. The zero-order valence-corrected chi connectivity index (χ0v) is 11.2. The highest BCUT2D eigenvalue weighted by Crippen LogP contribution is 2.21. The highest BCUT2D eigenvalue weighted by Gasteiger charge is 1.97. The predicted molar refractivity (Wildman–Crippen MR) is 86.4 cm³/mol. The fraction of sp³-hybridized carbons (Fsp3) is 0.0526.